The molecular formula is C17H16N2O2. The molecule has 0 bridgehead atoms. The third-order valence-corrected chi connectivity index (χ3v) is 3.15. The molecule has 2 rings (SSSR count). The fourth-order valence-electron chi connectivity index (χ4n) is 2.02. The number of carbonyl (C=O) groups excluding carboxylic acids is 1. The lowest BCUT2D eigenvalue weighted by molar-refractivity contribution is 0.0954. The Bertz CT molecular complexity index is 657. The topological polar surface area (TPSA) is 62.1 Å². The number of hydrogen-bond acceptors (Lipinski definition) is 3. The normalized spacial score (nSPS) is 9.71. The molecule has 0 aromatic heterocycles. The number of ether oxygens (including phenoxy) is 1. The van der Waals surface area contributed by atoms with Gasteiger partial charge in [0.15, 0.2) is 0 Å². The van der Waals surface area contributed by atoms with Gasteiger partial charge in [-0.25, -0.2) is 0 Å². The van der Waals surface area contributed by atoms with Gasteiger partial charge in [-0.2, -0.15) is 5.26 Å². The number of hydrogen-bond donors (Lipinski definition) is 1. The first-order valence-electron chi connectivity index (χ1n) is 6.65. The van der Waals surface area contributed by atoms with E-state index >= 15 is 0 Å². The van der Waals surface area contributed by atoms with Crippen LogP contribution in [0.25, 0.3) is 0 Å². The van der Waals surface area contributed by atoms with Crippen molar-refractivity contribution in [2.45, 2.75) is 6.42 Å². The Hall–Kier alpha value is -2.80. The average Bonchev–Trinajstić information content (AvgIpc) is 2.55. The van der Waals surface area contributed by atoms with Crippen molar-refractivity contribution in [1.82, 2.24) is 5.32 Å². The molecule has 0 spiro atoms. The second-order valence-corrected chi connectivity index (χ2v) is 4.51. The van der Waals surface area contributed by atoms with Crippen LogP contribution in [0.2, 0.25) is 0 Å². The Morgan fingerprint density at radius 1 is 1.19 bits per heavy atom. The molecule has 2 aromatic rings. The van der Waals surface area contributed by atoms with Gasteiger partial charge >= 0.3 is 0 Å². The third-order valence-electron chi connectivity index (χ3n) is 3.15. The molecule has 4 nitrogen and oxygen atoms in total. The summed E-state index contributed by atoms with van der Waals surface area (Å²) in [5.74, 6) is 0.680. The molecule has 0 aliphatic rings. The number of nitrogens with one attached hydrogen (secondary N) is 1. The standard InChI is InChI=1S/C17H16N2O2/c1-21-16-5-3-2-4-14(16)10-11-19-17(20)15-8-6-13(12-18)7-9-15/h2-9H,10-11H2,1H3,(H,19,20). The highest BCUT2D eigenvalue weighted by Gasteiger charge is 2.06. The summed E-state index contributed by atoms with van der Waals surface area (Å²) in [6.07, 6.45) is 0.700. The van der Waals surface area contributed by atoms with E-state index in [2.05, 4.69) is 5.32 Å². The Labute approximate surface area is 124 Å². The van der Waals surface area contributed by atoms with Gasteiger partial charge in [0.25, 0.3) is 5.91 Å². The summed E-state index contributed by atoms with van der Waals surface area (Å²) in [6.45, 7) is 0.527. The van der Waals surface area contributed by atoms with Crippen LogP contribution in [-0.2, 0) is 6.42 Å². The zero-order chi connectivity index (χ0) is 15.1. The van der Waals surface area contributed by atoms with Crippen molar-refractivity contribution < 1.29 is 9.53 Å². The largest absolute Gasteiger partial charge is 0.496 e. The summed E-state index contributed by atoms with van der Waals surface area (Å²) in [5, 5.41) is 11.6. The predicted octanol–water partition coefficient (Wildman–Crippen LogP) is 2.54. The molecule has 0 heterocycles. The summed E-state index contributed by atoms with van der Waals surface area (Å²) in [5.41, 5.74) is 2.15. The minimum Gasteiger partial charge on any atom is -0.496 e. The van der Waals surface area contributed by atoms with Crippen molar-refractivity contribution in [2.75, 3.05) is 13.7 Å². The number of nitrogens with zero attached hydrogens (tertiary/aromatic N) is 1. The SMILES string of the molecule is COc1ccccc1CCNC(=O)c1ccc(C#N)cc1. The highest BCUT2D eigenvalue weighted by molar-refractivity contribution is 5.94. The number of benzene rings is 2. The number of amides is 1. The number of nitriles is 1. The summed E-state index contributed by atoms with van der Waals surface area (Å²) in [7, 11) is 1.63. The minimum absolute atomic E-state index is 0.144. The first kappa shape index (κ1) is 14.6. The van der Waals surface area contributed by atoms with Gasteiger partial charge in [-0.1, -0.05) is 18.2 Å². The lowest BCUT2D eigenvalue weighted by Gasteiger charge is -2.09. The van der Waals surface area contributed by atoms with Gasteiger partial charge in [0, 0.05) is 12.1 Å². The fourth-order valence-corrected chi connectivity index (χ4v) is 2.02. The lowest BCUT2D eigenvalue weighted by Crippen LogP contribution is -2.25. The molecule has 4 heteroatoms. The molecule has 2 aromatic carbocycles. The maximum absolute atomic E-state index is 12.0. The quantitative estimate of drug-likeness (QED) is 0.915. The van der Waals surface area contributed by atoms with Gasteiger partial charge in [-0.3, -0.25) is 4.79 Å². The third kappa shape index (κ3) is 3.83. The Balaban J connectivity index is 1.90. The second kappa shape index (κ2) is 7.11. The molecule has 0 aliphatic carbocycles. The Morgan fingerprint density at radius 3 is 2.57 bits per heavy atom. The van der Waals surface area contributed by atoms with E-state index in [1.54, 1.807) is 31.4 Å². The van der Waals surface area contributed by atoms with Crippen molar-refractivity contribution in [1.29, 1.82) is 5.26 Å². The predicted molar refractivity (Wildman–Crippen MR) is 80.2 cm³/mol. The minimum atomic E-state index is -0.144. The number of rotatable bonds is 5. The van der Waals surface area contributed by atoms with Crippen LogP contribution in [0.4, 0.5) is 0 Å². The first-order valence-corrected chi connectivity index (χ1v) is 6.65. The van der Waals surface area contributed by atoms with Crippen molar-refractivity contribution in [3.05, 3.63) is 65.2 Å². The molecule has 1 N–H and O–H groups in total. The van der Waals surface area contributed by atoms with Crippen molar-refractivity contribution in [3.63, 3.8) is 0 Å². The number of methoxy groups -OCH3 is 1. The fraction of sp³-hybridized carbons (Fsp3) is 0.176. The molecule has 106 valence electrons. The van der Waals surface area contributed by atoms with E-state index in [1.165, 1.54) is 0 Å². The summed E-state index contributed by atoms with van der Waals surface area (Å²) in [6, 6.07) is 16.3. The molecule has 0 radical (unpaired) electrons. The zero-order valence-electron chi connectivity index (χ0n) is 11.8. The van der Waals surface area contributed by atoms with Crippen molar-refractivity contribution in [2.24, 2.45) is 0 Å². The van der Waals surface area contributed by atoms with Crippen LogP contribution in [-0.4, -0.2) is 19.6 Å². The maximum Gasteiger partial charge on any atom is 0.251 e. The van der Waals surface area contributed by atoms with Crippen LogP contribution < -0.4 is 10.1 Å². The van der Waals surface area contributed by atoms with E-state index in [4.69, 9.17) is 10.00 Å². The molecule has 0 atom stereocenters. The molecular weight excluding hydrogens is 264 g/mol. The van der Waals surface area contributed by atoms with Crippen LogP contribution in [0.1, 0.15) is 21.5 Å². The van der Waals surface area contributed by atoms with Crippen LogP contribution in [0.3, 0.4) is 0 Å². The van der Waals surface area contributed by atoms with Gasteiger partial charge in [0.2, 0.25) is 0 Å². The maximum atomic E-state index is 12.0. The van der Waals surface area contributed by atoms with E-state index in [1.807, 2.05) is 30.3 Å². The Morgan fingerprint density at radius 2 is 1.90 bits per heavy atom. The summed E-state index contributed by atoms with van der Waals surface area (Å²) < 4.78 is 5.27. The highest BCUT2D eigenvalue weighted by Crippen LogP contribution is 2.17. The molecule has 0 unspecified atom stereocenters. The van der Waals surface area contributed by atoms with Gasteiger partial charge in [0.05, 0.1) is 18.7 Å². The molecule has 1 amide bonds. The van der Waals surface area contributed by atoms with E-state index < -0.39 is 0 Å². The van der Waals surface area contributed by atoms with Gasteiger partial charge < -0.3 is 10.1 Å². The van der Waals surface area contributed by atoms with Crippen LogP contribution in [0.5, 0.6) is 5.75 Å². The zero-order valence-corrected chi connectivity index (χ0v) is 11.8. The van der Waals surface area contributed by atoms with Crippen LogP contribution in [0.15, 0.2) is 48.5 Å². The van der Waals surface area contributed by atoms with Gasteiger partial charge in [-0.15, -0.1) is 0 Å². The highest BCUT2D eigenvalue weighted by atomic mass is 16.5. The molecule has 0 fully saturated rings. The monoisotopic (exact) mass is 280 g/mol. The molecule has 21 heavy (non-hydrogen) atoms. The van der Waals surface area contributed by atoms with Gasteiger partial charge in [-0.05, 0) is 42.3 Å². The van der Waals surface area contributed by atoms with Crippen molar-refractivity contribution >= 4 is 5.91 Å². The van der Waals surface area contributed by atoms with E-state index in [0.717, 1.165) is 11.3 Å². The summed E-state index contributed by atoms with van der Waals surface area (Å²) in [4.78, 5) is 12.0. The van der Waals surface area contributed by atoms with E-state index in [0.29, 0.717) is 24.1 Å². The average molecular weight is 280 g/mol. The lowest BCUT2D eigenvalue weighted by atomic mass is 10.1. The first-order chi connectivity index (χ1) is 10.2. The van der Waals surface area contributed by atoms with Crippen LogP contribution >= 0.6 is 0 Å². The summed E-state index contributed by atoms with van der Waals surface area (Å²) >= 11 is 0. The van der Waals surface area contributed by atoms with Crippen molar-refractivity contribution in [3.8, 4) is 11.8 Å². The van der Waals surface area contributed by atoms with E-state index in [9.17, 15) is 4.79 Å². The van der Waals surface area contributed by atoms with Crippen LogP contribution in [0, 0.1) is 11.3 Å². The Kier molecular flexibility index (Phi) is 4.94. The molecule has 0 saturated heterocycles. The number of carbonyl (C=O) groups is 1. The number of para-hydroxylation sites is 1. The molecule has 0 saturated carbocycles. The molecule has 0 aliphatic heterocycles. The second-order valence-electron chi connectivity index (χ2n) is 4.51. The smallest absolute Gasteiger partial charge is 0.251 e. The van der Waals surface area contributed by atoms with E-state index in [-0.39, 0.29) is 5.91 Å². The van der Waals surface area contributed by atoms with Gasteiger partial charge in [0.1, 0.15) is 5.75 Å².